The molecule has 3 N–H and O–H groups in total. The molecular formula is C18H21BrClN2O2+. The predicted molar refractivity (Wildman–Crippen MR) is 101 cm³/mol. The van der Waals surface area contributed by atoms with Crippen molar-refractivity contribution in [2.24, 2.45) is 0 Å². The van der Waals surface area contributed by atoms with Crippen LogP contribution in [0.25, 0.3) is 0 Å². The normalized spacial score (nSPS) is 11.9. The lowest BCUT2D eigenvalue weighted by atomic mass is 10.1. The van der Waals surface area contributed by atoms with Gasteiger partial charge in [0.25, 0.3) is 5.91 Å². The molecule has 1 atom stereocenters. The standard InChI is InChI=1S/C18H20BrClN2O2/c1-11-4-6-16(15(20)8-11)22-18(23)10-21-12(2)13-5-7-17(24-3)14(19)9-13/h4-9,12,21H,10H2,1-3H3,(H,22,23)/p+1/t12-/m0/s1. The molecule has 2 rings (SSSR count). The van der Waals surface area contributed by atoms with Crippen molar-refractivity contribution in [3.63, 3.8) is 0 Å². The van der Waals surface area contributed by atoms with Crippen LogP contribution in [0.5, 0.6) is 5.75 Å². The van der Waals surface area contributed by atoms with Crippen LogP contribution in [0.2, 0.25) is 5.02 Å². The molecule has 2 aromatic carbocycles. The molecule has 6 heteroatoms. The van der Waals surface area contributed by atoms with Gasteiger partial charge in [0, 0.05) is 5.56 Å². The van der Waals surface area contributed by atoms with Crippen molar-refractivity contribution in [1.82, 2.24) is 0 Å². The van der Waals surface area contributed by atoms with Gasteiger partial charge < -0.3 is 15.4 Å². The second-order valence-corrected chi connectivity index (χ2v) is 6.92. The topological polar surface area (TPSA) is 54.9 Å². The molecule has 0 radical (unpaired) electrons. The third-order valence-corrected chi connectivity index (χ3v) is 4.69. The van der Waals surface area contributed by atoms with Crippen molar-refractivity contribution in [2.75, 3.05) is 19.0 Å². The lowest BCUT2D eigenvalue weighted by Crippen LogP contribution is -2.86. The van der Waals surface area contributed by atoms with E-state index in [0.717, 1.165) is 21.3 Å². The van der Waals surface area contributed by atoms with Crippen LogP contribution in [-0.2, 0) is 4.79 Å². The first-order valence-corrected chi connectivity index (χ1v) is 8.80. The van der Waals surface area contributed by atoms with Gasteiger partial charge in [-0.15, -0.1) is 0 Å². The second kappa shape index (κ2) is 8.51. The van der Waals surface area contributed by atoms with Gasteiger partial charge in [-0.05, 0) is 65.7 Å². The van der Waals surface area contributed by atoms with E-state index in [2.05, 4.69) is 28.2 Å². The van der Waals surface area contributed by atoms with Crippen molar-refractivity contribution in [3.05, 3.63) is 57.0 Å². The molecule has 2 aromatic rings. The zero-order valence-corrected chi connectivity index (χ0v) is 16.2. The van der Waals surface area contributed by atoms with Crippen LogP contribution in [0.1, 0.15) is 24.1 Å². The zero-order chi connectivity index (χ0) is 17.7. The quantitative estimate of drug-likeness (QED) is 0.760. The van der Waals surface area contributed by atoms with Crippen LogP contribution < -0.4 is 15.4 Å². The minimum atomic E-state index is -0.0832. The highest BCUT2D eigenvalue weighted by atomic mass is 79.9. The number of carbonyl (C=O) groups excluding carboxylic acids is 1. The number of nitrogens with one attached hydrogen (secondary N) is 1. The van der Waals surface area contributed by atoms with Gasteiger partial charge in [-0.2, -0.15) is 0 Å². The Morgan fingerprint density at radius 2 is 2.08 bits per heavy atom. The number of methoxy groups -OCH3 is 1. The molecule has 0 bridgehead atoms. The molecule has 128 valence electrons. The fourth-order valence-electron chi connectivity index (χ4n) is 2.31. The number of rotatable bonds is 6. The third kappa shape index (κ3) is 4.97. The fraction of sp³-hybridized carbons (Fsp3) is 0.278. The molecule has 0 aromatic heterocycles. The van der Waals surface area contributed by atoms with Crippen LogP contribution in [-0.4, -0.2) is 19.6 Å². The molecule has 0 unspecified atom stereocenters. The average molecular weight is 413 g/mol. The molecule has 24 heavy (non-hydrogen) atoms. The summed E-state index contributed by atoms with van der Waals surface area (Å²) in [7, 11) is 1.63. The molecule has 0 saturated heterocycles. The Hall–Kier alpha value is -1.56. The number of quaternary nitrogens is 1. The van der Waals surface area contributed by atoms with E-state index in [1.54, 1.807) is 7.11 Å². The van der Waals surface area contributed by atoms with Gasteiger partial charge in [-0.1, -0.05) is 17.7 Å². The van der Waals surface area contributed by atoms with Crippen LogP contribution >= 0.6 is 27.5 Å². The molecule has 0 fully saturated rings. The maximum Gasteiger partial charge on any atom is 0.279 e. The molecule has 1 amide bonds. The number of hydrogen-bond acceptors (Lipinski definition) is 2. The van der Waals surface area contributed by atoms with Crippen LogP contribution in [0.15, 0.2) is 40.9 Å². The number of carbonyl (C=O) groups is 1. The summed E-state index contributed by atoms with van der Waals surface area (Å²) in [6.07, 6.45) is 0. The molecule has 0 spiro atoms. The Balaban J connectivity index is 1.92. The number of ether oxygens (including phenoxy) is 1. The smallest absolute Gasteiger partial charge is 0.279 e. The van der Waals surface area contributed by atoms with Crippen molar-refractivity contribution in [3.8, 4) is 5.75 Å². The van der Waals surface area contributed by atoms with Crippen LogP contribution in [0.4, 0.5) is 5.69 Å². The largest absolute Gasteiger partial charge is 0.496 e. The summed E-state index contributed by atoms with van der Waals surface area (Å²) in [6, 6.07) is 11.6. The van der Waals surface area contributed by atoms with Gasteiger partial charge in [0.2, 0.25) is 0 Å². The number of benzene rings is 2. The first-order chi connectivity index (χ1) is 11.4. The summed E-state index contributed by atoms with van der Waals surface area (Å²) in [6.45, 7) is 4.33. The average Bonchev–Trinajstić information content (AvgIpc) is 2.55. The highest BCUT2D eigenvalue weighted by Gasteiger charge is 2.14. The SMILES string of the molecule is COc1ccc([C@H](C)[NH2+]CC(=O)Nc2ccc(C)cc2Cl)cc1Br. The molecule has 0 aliphatic rings. The minimum absolute atomic E-state index is 0.0832. The summed E-state index contributed by atoms with van der Waals surface area (Å²) < 4.78 is 6.13. The molecular weight excluding hydrogens is 392 g/mol. The lowest BCUT2D eigenvalue weighted by molar-refractivity contribution is -0.682. The molecule has 0 heterocycles. The number of amides is 1. The van der Waals surface area contributed by atoms with E-state index in [-0.39, 0.29) is 11.9 Å². The van der Waals surface area contributed by atoms with E-state index in [1.165, 1.54) is 0 Å². The van der Waals surface area contributed by atoms with Crippen molar-refractivity contribution in [2.45, 2.75) is 19.9 Å². The van der Waals surface area contributed by atoms with E-state index >= 15 is 0 Å². The number of nitrogens with two attached hydrogens (primary N) is 1. The Labute approximate surface area is 155 Å². The summed E-state index contributed by atoms with van der Waals surface area (Å²) in [5.74, 6) is 0.706. The highest BCUT2D eigenvalue weighted by Crippen LogP contribution is 2.27. The Bertz CT molecular complexity index is 737. The van der Waals surface area contributed by atoms with E-state index in [9.17, 15) is 4.79 Å². The van der Waals surface area contributed by atoms with Gasteiger partial charge in [0.1, 0.15) is 11.8 Å². The van der Waals surface area contributed by atoms with Gasteiger partial charge in [-0.25, -0.2) is 0 Å². The molecule has 0 aliphatic heterocycles. The monoisotopic (exact) mass is 411 g/mol. The summed E-state index contributed by atoms with van der Waals surface area (Å²) >= 11 is 9.62. The zero-order valence-electron chi connectivity index (χ0n) is 13.9. The molecule has 0 saturated carbocycles. The summed E-state index contributed by atoms with van der Waals surface area (Å²) in [5.41, 5.74) is 2.81. The summed E-state index contributed by atoms with van der Waals surface area (Å²) in [5, 5.41) is 5.37. The third-order valence-electron chi connectivity index (χ3n) is 3.76. The van der Waals surface area contributed by atoms with Crippen molar-refractivity contribution in [1.29, 1.82) is 0 Å². The number of anilines is 1. The first-order valence-electron chi connectivity index (χ1n) is 7.63. The number of halogens is 2. The van der Waals surface area contributed by atoms with Crippen molar-refractivity contribution >= 4 is 39.1 Å². The minimum Gasteiger partial charge on any atom is -0.496 e. The maximum absolute atomic E-state index is 12.1. The van der Waals surface area contributed by atoms with Gasteiger partial charge >= 0.3 is 0 Å². The van der Waals surface area contributed by atoms with Crippen molar-refractivity contribution < 1.29 is 14.8 Å². The second-order valence-electron chi connectivity index (χ2n) is 5.65. The maximum atomic E-state index is 12.1. The first kappa shape index (κ1) is 18.8. The number of hydrogen-bond donors (Lipinski definition) is 2. The Kier molecular flexibility index (Phi) is 6.66. The van der Waals surface area contributed by atoms with E-state index < -0.39 is 0 Å². The van der Waals surface area contributed by atoms with Gasteiger partial charge in [0.15, 0.2) is 6.54 Å². The fourth-order valence-corrected chi connectivity index (χ4v) is 3.15. The van der Waals surface area contributed by atoms with Gasteiger partial charge in [-0.3, -0.25) is 4.79 Å². The van der Waals surface area contributed by atoms with Crippen LogP contribution in [0, 0.1) is 6.92 Å². The lowest BCUT2D eigenvalue weighted by Gasteiger charge is -2.13. The van der Waals surface area contributed by atoms with E-state index in [1.807, 2.05) is 48.6 Å². The number of aryl methyl sites for hydroxylation is 1. The molecule has 4 nitrogen and oxygen atoms in total. The molecule has 0 aliphatic carbocycles. The predicted octanol–water partition coefficient (Wildman–Crippen LogP) is 3.68. The van der Waals surface area contributed by atoms with Crippen LogP contribution in [0.3, 0.4) is 0 Å². The highest BCUT2D eigenvalue weighted by molar-refractivity contribution is 9.10. The van der Waals surface area contributed by atoms with E-state index in [4.69, 9.17) is 16.3 Å². The Morgan fingerprint density at radius 1 is 1.33 bits per heavy atom. The van der Waals surface area contributed by atoms with E-state index in [0.29, 0.717) is 17.3 Å². The van der Waals surface area contributed by atoms with Gasteiger partial charge in [0.05, 0.1) is 22.3 Å². The Morgan fingerprint density at radius 3 is 2.71 bits per heavy atom. The summed E-state index contributed by atoms with van der Waals surface area (Å²) in [4.78, 5) is 12.1.